The van der Waals surface area contributed by atoms with Crippen molar-refractivity contribution in [1.29, 1.82) is 0 Å². The molecule has 0 fully saturated rings. The summed E-state index contributed by atoms with van der Waals surface area (Å²) in [7, 11) is 0. The van der Waals surface area contributed by atoms with Crippen LogP contribution in [0.5, 0.6) is 11.5 Å². The van der Waals surface area contributed by atoms with Crippen LogP contribution in [-0.4, -0.2) is 23.6 Å². The SMILES string of the molecule is O=C(Cn1cc(C(F)(F)F)cc(Cl)c1=O)c1ccc2c(c1)OCCO2. The number of rotatable bonds is 3. The molecule has 2 aromatic rings. The molecule has 0 aliphatic carbocycles. The average Bonchev–Trinajstić information content (AvgIpc) is 2.57. The second-order valence-corrected chi connectivity index (χ2v) is 5.70. The van der Waals surface area contributed by atoms with Crippen LogP contribution in [0.3, 0.4) is 0 Å². The molecule has 3 rings (SSSR count). The van der Waals surface area contributed by atoms with E-state index in [1.807, 2.05) is 0 Å². The molecule has 2 heterocycles. The van der Waals surface area contributed by atoms with Crippen molar-refractivity contribution in [3.8, 4) is 11.5 Å². The molecule has 0 atom stereocenters. The van der Waals surface area contributed by atoms with Gasteiger partial charge in [-0.2, -0.15) is 13.2 Å². The number of Topliss-reactive ketones (excluding diaryl/α,β-unsaturated/α-hetero) is 1. The Bertz CT molecular complexity index is 892. The third-order valence-corrected chi connectivity index (χ3v) is 3.82. The molecule has 0 saturated heterocycles. The molecule has 1 aromatic carbocycles. The van der Waals surface area contributed by atoms with Crippen LogP contribution >= 0.6 is 11.6 Å². The summed E-state index contributed by atoms with van der Waals surface area (Å²) in [6.45, 7) is 0.133. The Balaban J connectivity index is 1.91. The van der Waals surface area contributed by atoms with Crippen molar-refractivity contribution < 1.29 is 27.4 Å². The second-order valence-electron chi connectivity index (χ2n) is 5.29. The molecule has 0 unspecified atom stereocenters. The van der Waals surface area contributed by atoms with E-state index in [9.17, 15) is 22.8 Å². The van der Waals surface area contributed by atoms with Gasteiger partial charge in [-0.15, -0.1) is 0 Å². The maximum atomic E-state index is 12.8. The Morgan fingerprint density at radius 3 is 2.52 bits per heavy atom. The molecule has 25 heavy (non-hydrogen) atoms. The number of ether oxygens (including phenoxy) is 2. The third kappa shape index (κ3) is 3.63. The van der Waals surface area contributed by atoms with Gasteiger partial charge in [0.1, 0.15) is 18.2 Å². The number of halogens is 4. The molecule has 9 heteroatoms. The van der Waals surface area contributed by atoms with Gasteiger partial charge in [-0.1, -0.05) is 11.6 Å². The van der Waals surface area contributed by atoms with E-state index in [0.717, 1.165) is 0 Å². The summed E-state index contributed by atoms with van der Waals surface area (Å²) in [6, 6.07) is 4.95. The molecule has 5 nitrogen and oxygen atoms in total. The quantitative estimate of drug-likeness (QED) is 0.775. The lowest BCUT2D eigenvalue weighted by molar-refractivity contribution is -0.138. The molecule has 0 radical (unpaired) electrons. The number of hydrogen-bond donors (Lipinski definition) is 0. The largest absolute Gasteiger partial charge is 0.486 e. The van der Waals surface area contributed by atoms with Gasteiger partial charge in [0.05, 0.1) is 12.1 Å². The summed E-state index contributed by atoms with van der Waals surface area (Å²) in [5.41, 5.74) is -1.79. The predicted molar refractivity (Wildman–Crippen MR) is 82.5 cm³/mol. The molecule has 0 N–H and O–H groups in total. The maximum Gasteiger partial charge on any atom is 0.417 e. The Kier molecular flexibility index (Phi) is 4.47. The molecule has 0 spiro atoms. The minimum atomic E-state index is -4.68. The second kappa shape index (κ2) is 6.44. The van der Waals surface area contributed by atoms with E-state index in [1.54, 1.807) is 0 Å². The summed E-state index contributed by atoms with van der Waals surface area (Å²) >= 11 is 5.57. The van der Waals surface area contributed by atoms with E-state index in [1.165, 1.54) is 18.2 Å². The molecular formula is C16H11ClF3NO4. The Morgan fingerprint density at radius 2 is 1.84 bits per heavy atom. The number of aromatic nitrogens is 1. The average molecular weight is 374 g/mol. The van der Waals surface area contributed by atoms with Gasteiger partial charge in [-0.25, -0.2) is 0 Å². The van der Waals surface area contributed by atoms with Crippen LogP contribution in [0.1, 0.15) is 15.9 Å². The Morgan fingerprint density at radius 1 is 1.16 bits per heavy atom. The lowest BCUT2D eigenvalue weighted by Gasteiger charge is -2.18. The van der Waals surface area contributed by atoms with Gasteiger partial charge in [-0.05, 0) is 24.3 Å². The fraction of sp³-hybridized carbons (Fsp3) is 0.250. The molecule has 1 aliphatic heterocycles. The highest BCUT2D eigenvalue weighted by molar-refractivity contribution is 6.30. The van der Waals surface area contributed by atoms with Gasteiger partial charge < -0.3 is 14.0 Å². The minimum Gasteiger partial charge on any atom is -0.486 e. The zero-order valence-corrected chi connectivity index (χ0v) is 13.4. The van der Waals surface area contributed by atoms with E-state index in [4.69, 9.17) is 21.1 Å². The van der Waals surface area contributed by atoms with Crippen molar-refractivity contribution in [3.63, 3.8) is 0 Å². The van der Waals surface area contributed by atoms with Gasteiger partial charge >= 0.3 is 6.18 Å². The van der Waals surface area contributed by atoms with Gasteiger partial charge in [-0.3, -0.25) is 9.59 Å². The number of alkyl halides is 3. The number of ketones is 1. The summed E-state index contributed by atoms with van der Waals surface area (Å²) in [4.78, 5) is 24.3. The Labute approximate surface area is 144 Å². The number of carbonyl (C=O) groups excluding carboxylic acids is 1. The summed E-state index contributed by atoms with van der Waals surface area (Å²) in [5, 5.41) is -0.607. The van der Waals surface area contributed by atoms with Crippen molar-refractivity contribution in [3.05, 3.63) is 57.0 Å². The van der Waals surface area contributed by atoms with Crippen LogP contribution in [-0.2, 0) is 12.7 Å². The lowest BCUT2D eigenvalue weighted by Crippen LogP contribution is -2.26. The van der Waals surface area contributed by atoms with Gasteiger partial charge in [0, 0.05) is 11.8 Å². The summed E-state index contributed by atoms with van der Waals surface area (Å²) in [6.07, 6.45) is -4.11. The predicted octanol–water partition coefficient (Wildman–Crippen LogP) is 3.17. The van der Waals surface area contributed by atoms with Crippen LogP contribution in [0.2, 0.25) is 5.02 Å². The van der Waals surface area contributed by atoms with Crippen LogP contribution in [0.4, 0.5) is 13.2 Å². The van der Waals surface area contributed by atoms with Crippen LogP contribution < -0.4 is 15.0 Å². The van der Waals surface area contributed by atoms with Crippen molar-refractivity contribution in [2.24, 2.45) is 0 Å². The number of pyridine rings is 1. The first-order valence-electron chi connectivity index (χ1n) is 7.16. The molecule has 0 bridgehead atoms. The smallest absolute Gasteiger partial charge is 0.417 e. The normalized spacial score (nSPS) is 13.6. The van der Waals surface area contributed by atoms with Gasteiger partial charge in [0.25, 0.3) is 5.56 Å². The molecular weight excluding hydrogens is 363 g/mol. The minimum absolute atomic E-state index is 0.185. The zero-order valence-electron chi connectivity index (χ0n) is 12.6. The molecule has 1 aliphatic rings. The van der Waals surface area contributed by atoms with Crippen LogP contribution in [0.25, 0.3) is 0 Å². The van der Waals surface area contributed by atoms with E-state index < -0.39 is 34.6 Å². The van der Waals surface area contributed by atoms with Crippen molar-refractivity contribution >= 4 is 17.4 Å². The summed E-state index contributed by atoms with van der Waals surface area (Å²) < 4.78 is 49.8. The maximum absolute atomic E-state index is 12.8. The van der Waals surface area contributed by atoms with E-state index in [-0.39, 0.29) is 5.56 Å². The van der Waals surface area contributed by atoms with Crippen molar-refractivity contribution in [1.82, 2.24) is 4.57 Å². The van der Waals surface area contributed by atoms with E-state index in [0.29, 0.717) is 41.5 Å². The highest BCUT2D eigenvalue weighted by atomic mass is 35.5. The van der Waals surface area contributed by atoms with Crippen molar-refractivity contribution in [2.75, 3.05) is 13.2 Å². The number of nitrogens with zero attached hydrogens (tertiary/aromatic N) is 1. The first-order valence-corrected chi connectivity index (χ1v) is 7.53. The van der Waals surface area contributed by atoms with Gasteiger partial charge in [0.2, 0.25) is 0 Å². The third-order valence-electron chi connectivity index (χ3n) is 3.55. The first-order chi connectivity index (χ1) is 11.8. The molecule has 0 saturated carbocycles. The zero-order chi connectivity index (χ0) is 18.2. The number of fused-ring (bicyclic) bond motifs is 1. The number of hydrogen-bond acceptors (Lipinski definition) is 4. The molecule has 0 amide bonds. The fourth-order valence-electron chi connectivity index (χ4n) is 2.33. The Hall–Kier alpha value is -2.48. The highest BCUT2D eigenvalue weighted by Gasteiger charge is 2.32. The van der Waals surface area contributed by atoms with E-state index in [2.05, 4.69) is 0 Å². The number of carbonyl (C=O) groups is 1. The summed E-state index contributed by atoms with van der Waals surface area (Å²) in [5.74, 6) is 0.281. The van der Waals surface area contributed by atoms with Crippen LogP contribution in [0.15, 0.2) is 35.3 Å². The molecule has 1 aromatic heterocycles. The fourth-order valence-corrected chi connectivity index (χ4v) is 2.56. The van der Waals surface area contributed by atoms with Crippen molar-refractivity contribution in [2.45, 2.75) is 12.7 Å². The lowest BCUT2D eigenvalue weighted by atomic mass is 10.1. The van der Waals surface area contributed by atoms with Gasteiger partial charge in [0.15, 0.2) is 17.3 Å². The van der Waals surface area contributed by atoms with Crippen LogP contribution in [0, 0.1) is 0 Å². The number of benzene rings is 1. The van der Waals surface area contributed by atoms with E-state index >= 15 is 0 Å². The standard InChI is InChI=1S/C16H11ClF3NO4/c17-11-6-10(16(18,19)20)7-21(15(11)23)8-12(22)9-1-2-13-14(5-9)25-4-3-24-13/h1-2,5-7H,3-4,8H2. The monoisotopic (exact) mass is 373 g/mol. The highest BCUT2D eigenvalue weighted by Crippen LogP contribution is 2.31. The first kappa shape index (κ1) is 17.3. The topological polar surface area (TPSA) is 57.5 Å². The molecule has 132 valence electrons.